The number of nitrogens with one attached hydrogen (secondary N) is 1. The van der Waals surface area contributed by atoms with Crippen LogP contribution >= 0.6 is 11.6 Å². The summed E-state index contributed by atoms with van der Waals surface area (Å²) in [6, 6.07) is 21.5. The Bertz CT molecular complexity index is 878. The zero-order valence-corrected chi connectivity index (χ0v) is 14.0. The van der Waals surface area contributed by atoms with Crippen LogP contribution in [-0.4, -0.2) is 11.2 Å². The monoisotopic (exact) mass is 353 g/mol. The normalized spacial score (nSPS) is 10.3. The van der Waals surface area contributed by atoms with Crippen molar-refractivity contribution in [1.29, 1.82) is 0 Å². The molecule has 0 unspecified atom stereocenters. The largest absolute Gasteiger partial charge is 0.508 e. The predicted molar refractivity (Wildman–Crippen MR) is 98.8 cm³/mol. The van der Waals surface area contributed by atoms with E-state index in [-0.39, 0.29) is 12.4 Å². The first-order chi connectivity index (χ1) is 12.1. The third kappa shape index (κ3) is 4.52. The average Bonchev–Trinajstić information content (AvgIpc) is 2.62. The van der Waals surface area contributed by atoms with Crippen LogP contribution in [0, 0.1) is 0 Å². The van der Waals surface area contributed by atoms with Gasteiger partial charge < -0.3 is 9.84 Å². The van der Waals surface area contributed by atoms with Crippen molar-refractivity contribution in [2.24, 2.45) is 0 Å². The lowest BCUT2D eigenvalue weighted by atomic mass is 10.1. The molecule has 0 bridgehead atoms. The first kappa shape index (κ1) is 16.9. The maximum atomic E-state index is 11.9. The Morgan fingerprint density at radius 3 is 2.44 bits per heavy atom. The molecule has 0 radical (unpaired) electrons. The highest BCUT2D eigenvalue weighted by atomic mass is 35.5. The Hall–Kier alpha value is -2.98. The van der Waals surface area contributed by atoms with Gasteiger partial charge in [0.25, 0.3) is 0 Å². The zero-order valence-electron chi connectivity index (χ0n) is 13.3. The van der Waals surface area contributed by atoms with Crippen LogP contribution in [0.4, 0.5) is 10.5 Å². The maximum Gasteiger partial charge on any atom is 0.411 e. The summed E-state index contributed by atoms with van der Waals surface area (Å²) in [5.74, 6) is 0.211. The minimum atomic E-state index is -0.551. The van der Waals surface area contributed by atoms with E-state index in [2.05, 4.69) is 5.32 Å². The van der Waals surface area contributed by atoms with Gasteiger partial charge in [0.05, 0.1) is 0 Å². The first-order valence-corrected chi connectivity index (χ1v) is 8.06. The van der Waals surface area contributed by atoms with Crippen LogP contribution in [-0.2, 0) is 11.3 Å². The molecule has 0 aliphatic heterocycles. The lowest BCUT2D eigenvalue weighted by Crippen LogP contribution is -2.13. The van der Waals surface area contributed by atoms with Gasteiger partial charge in [0.15, 0.2) is 0 Å². The number of carbonyl (C=O) groups is 1. The molecule has 1 amide bonds. The fourth-order valence-corrected chi connectivity index (χ4v) is 2.53. The van der Waals surface area contributed by atoms with Crippen molar-refractivity contribution >= 4 is 23.4 Å². The average molecular weight is 354 g/mol. The van der Waals surface area contributed by atoms with Crippen molar-refractivity contribution in [3.63, 3.8) is 0 Å². The first-order valence-electron chi connectivity index (χ1n) is 7.68. The highest BCUT2D eigenvalue weighted by Gasteiger charge is 2.06. The van der Waals surface area contributed by atoms with Gasteiger partial charge in [0.1, 0.15) is 12.4 Å². The number of phenols is 1. The summed E-state index contributed by atoms with van der Waals surface area (Å²) in [5, 5.41) is 12.8. The molecule has 5 heteroatoms. The Labute approximate surface area is 150 Å². The number of rotatable bonds is 4. The predicted octanol–water partition coefficient (Wildman–Crippen LogP) is 5.46. The number of halogens is 1. The minimum Gasteiger partial charge on any atom is -0.508 e. The number of hydrogen-bond acceptors (Lipinski definition) is 3. The lowest BCUT2D eigenvalue weighted by molar-refractivity contribution is 0.155. The van der Waals surface area contributed by atoms with E-state index in [0.717, 1.165) is 16.7 Å². The van der Waals surface area contributed by atoms with Crippen LogP contribution in [0.25, 0.3) is 11.1 Å². The van der Waals surface area contributed by atoms with Gasteiger partial charge in [0, 0.05) is 16.3 Å². The molecule has 25 heavy (non-hydrogen) atoms. The smallest absolute Gasteiger partial charge is 0.411 e. The fraction of sp³-hybridized carbons (Fsp3) is 0.0500. The number of amides is 1. The van der Waals surface area contributed by atoms with E-state index in [1.807, 2.05) is 30.3 Å². The lowest BCUT2D eigenvalue weighted by Gasteiger charge is -2.09. The molecule has 0 heterocycles. The molecule has 0 aliphatic rings. The summed E-state index contributed by atoms with van der Waals surface area (Å²) >= 11 is 6.03. The van der Waals surface area contributed by atoms with Gasteiger partial charge in [-0.2, -0.15) is 0 Å². The summed E-state index contributed by atoms with van der Waals surface area (Å²) in [5.41, 5.74) is 3.20. The minimum absolute atomic E-state index is 0.104. The highest BCUT2D eigenvalue weighted by Crippen LogP contribution is 2.24. The molecule has 3 aromatic carbocycles. The molecule has 0 saturated heterocycles. The van der Waals surface area contributed by atoms with Crippen LogP contribution in [0.2, 0.25) is 5.02 Å². The van der Waals surface area contributed by atoms with Gasteiger partial charge in [-0.3, -0.25) is 5.32 Å². The van der Waals surface area contributed by atoms with Gasteiger partial charge in [-0.05, 0) is 41.5 Å². The number of aromatic hydroxyl groups is 1. The van der Waals surface area contributed by atoms with E-state index < -0.39 is 6.09 Å². The molecule has 0 spiro atoms. The topological polar surface area (TPSA) is 58.6 Å². The quantitative estimate of drug-likeness (QED) is 0.654. The number of benzene rings is 3. The van der Waals surface area contributed by atoms with Crippen LogP contribution < -0.4 is 5.32 Å². The van der Waals surface area contributed by atoms with Gasteiger partial charge in [-0.15, -0.1) is 0 Å². The molecule has 0 atom stereocenters. The van der Waals surface area contributed by atoms with Gasteiger partial charge in [0.2, 0.25) is 0 Å². The molecular weight excluding hydrogens is 338 g/mol. The molecular formula is C20H16ClNO3. The van der Waals surface area contributed by atoms with Crippen molar-refractivity contribution in [3.05, 3.63) is 83.4 Å². The number of carbonyl (C=O) groups excluding carboxylic acids is 1. The van der Waals surface area contributed by atoms with Crippen LogP contribution in [0.1, 0.15) is 5.56 Å². The van der Waals surface area contributed by atoms with Crippen LogP contribution in [0.15, 0.2) is 72.8 Å². The van der Waals surface area contributed by atoms with E-state index in [9.17, 15) is 9.90 Å². The molecule has 2 N–H and O–H groups in total. The molecule has 3 aromatic rings. The van der Waals surface area contributed by atoms with Crippen molar-refractivity contribution < 1.29 is 14.6 Å². The Balaban J connectivity index is 1.59. The number of ether oxygens (including phenoxy) is 1. The van der Waals surface area contributed by atoms with Crippen molar-refractivity contribution in [1.82, 2.24) is 0 Å². The standard InChI is InChI=1S/C20H16ClNO3/c21-19-7-2-1-4-16(19)13-25-20(24)22-17-10-8-14(9-11-17)15-5-3-6-18(23)12-15/h1-12,23H,13H2,(H,22,24). The molecule has 3 rings (SSSR count). The molecule has 0 fully saturated rings. The second kappa shape index (κ2) is 7.73. The highest BCUT2D eigenvalue weighted by molar-refractivity contribution is 6.31. The second-order valence-electron chi connectivity index (χ2n) is 5.42. The van der Waals surface area contributed by atoms with Crippen molar-refractivity contribution in [3.8, 4) is 16.9 Å². The summed E-state index contributed by atoms with van der Waals surface area (Å²) < 4.78 is 5.18. The van der Waals surface area contributed by atoms with E-state index >= 15 is 0 Å². The summed E-state index contributed by atoms with van der Waals surface area (Å²) in [6.45, 7) is 0.104. The van der Waals surface area contributed by atoms with E-state index in [1.54, 1.807) is 42.5 Å². The second-order valence-corrected chi connectivity index (χ2v) is 5.83. The maximum absolute atomic E-state index is 11.9. The third-order valence-electron chi connectivity index (χ3n) is 3.63. The number of phenolic OH excluding ortho intramolecular Hbond substituents is 1. The summed E-state index contributed by atoms with van der Waals surface area (Å²) in [7, 11) is 0. The molecule has 0 aromatic heterocycles. The summed E-state index contributed by atoms with van der Waals surface area (Å²) in [6.07, 6.45) is -0.551. The van der Waals surface area contributed by atoms with Crippen molar-refractivity contribution in [2.45, 2.75) is 6.61 Å². The van der Waals surface area contributed by atoms with E-state index in [1.165, 1.54) is 0 Å². The van der Waals surface area contributed by atoms with Crippen LogP contribution in [0.5, 0.6) is 5.75 Å². The van der Waals surface area contributed by atoms with E-state index in [4.69, 9.17) is 16.3 Å². The molecule has 0 aliphatic carbocycles. The Kier molecular flexibility index (Phi) is 5.21. The van der Waals surface area contributed by atoms with Crippen molar-refractivity contribution in [2.75, 3.05) is 5.32 Å². The zero-order chi connectivity index (χ0) is 17.6. The van der Waals surface area contributed by atoms with Crippen LogP contribution in [0.3, 0.4) is 0 Å². The third-order valence-corrected chi connectivity index (χ3v) is 4.00. The fourth-order valence-electron chi connectivity index (χ4n) is 2.34. The molecule has 4 nitrogen and oxygen atoms in total. The Morgan fingerprint density at radius 2 is 1.72 bits per heavy atom. The molecule has 126 valence electrons. The van der Waals surface area contributed by atoms with Gasteiger partial charge >= 0.3 is 6.09 Å². The Morgan fingerprint density at radius 1 is 0.960 bits per heavy atom. The SMILES string of the molecule is O=C(Nc1ccc(-c2cccc(O)c2)cc1)OCc1ccccc1Cl. The van der Waals surface area contributed by atoms with Gasteiger partial charge in [-0.25, -0.2) is 4.79 Å². The summed E-state index contributed by atoms with van der Waals surface area (Å²) in [4.78, 5) is 11.9. The van der Waals surface area contributed by atoms with E-state index in [0.29, 0.717) is 10.7 Å². The number of anilines is 1. The van der Waals surface area contributed by atoms with Gasteiger partial charge in [-0.1, -0.05) is 54.1 Å². The molecule has 0 saturated carbocycles. The number of hydrogen-bond donors (Lipinski definition) is 2.